The lowest BCUT2D eigenvalue weighted by Crippen LogP contribution is -2.07. The molecule has 0 heterocycles. The molecule has 190 valence electrons. The summed E-state index contributed by atoms with van der Waals surface area (Å²) in [4.78, 5) is 11.9. The van der Waals surface area contributed by atoms with Crippen LogP contribution in [0.2, 0.25) is 0 Å². The largest absolute Gasteiger partial charge is 0.294 e. The van der Waals surface area contributed by atoms with Gasteiger partial charge in [-0.05, 0) is 43.1 Å². The van der Waals surface area contributed by atoms with Crippen molar-refractivity contribution in [3.63, 3.8) is 0 Å². The molecule has 1 heteroatoms. The minimum Gasteiger partial charge on any atom is -0.294 e. The molecule has 0 radical (unpaired) electrons. The van der Waals surface area contributed by atoms with Gasteiger partial charge in [-0.15, -0.1) is 6.58 Å². The van der Waals surface area contributed by atoms with Crippen LogP contribution in [0.15, 0.2) is 36.9 Å². The van der Waals surface area contributed by atoms with Gasteiger partial charge in [0.2, 0.25) is 0 Å². The minimum atomic E-state index is 0.0814. The number of carbonyl (C=O) groups is 1. The quantitative estimate of drug-likeness (QED) is 0.187. The average Bonchev–Trinajstić information content (AvgIpc) is 2.83. The molecular weight excluding hydrogens is 388 g/mol. The van der Waals surface area contributed by atoms with Gasteiger partial charge in [-0.3, -0.25) is 4.79 Å². The van der Waals surface area contributed by atoms with E-state index >= 15 is 0 Å². The second-order valence-electron chi connectivity index (χ2n) is 8.03. The molecule has 1 nitrogen and oxygen atoms in total. The third-order valence-electron chi connectivity index (χ3n) is 4.65. The summed E-state index contributed by atoms with van der Waals surface area (Å²) < 4.78 is 0. The normalized spacial score (nSPS) is 9.34. The molecule has 0 aliphatic rings. The number of unbranched alkanes of at least 4 members (excludes halogenated alkanes) is 1. The minimum absolute atomic E-state index is 0.0814. The number of Topliss-reactive ketones (excluding diaryl/α,β-unsaturated/α-hetero) is 1. The van der Waals surface area contributed by atoms with Crippen LogP contribution in [0, 0.1) is 11.8 Å². The number of benzene rings is 1. The predicted octanol–water partition coefficient (Wildman–Crippen LogP) is 11.3. The van der Waals surface area contributed by atoms with Gasteiger partial charge in [-0.2, -0.15) is 0 Å². The predicted molar refractivity (Wildman–Crippen MR) is 151 cm³/mol. The molecule has 0 N–H and O–H groups in total. The summed E-state index contributed by atoms with van der Waals surface area (Å²) in [5, 5.41) is 0. The van der Waals surface area contributed by atoms with Crippen LogP contribution >= 0.6 is 0 Å². The van der Waals surface area contributed by atoms with Crippen LogP contribution in [-0.4, -0.2) is 5.78 Å². The monoisotopic (exact) mass is 448 g/mol. The number of hydrogen-bond donors (Lipinski definition) is 0. The lowest BCUT2D eigenvalue weighted by Gasteiger charge is -2.16. The molecule has 0 spiro atoms. The third-order valence-corrected chi connectivity index (χ3v) is 4.65. The van der Waals surface area contributed by atoms with Gasteiger partial charge in [-0.25, -0.2) is 0 Å². The van der Waals surface area contributed by atoms with Crippen LogP contribution in [0.5, 0.6) is 0 Å². The van der Waals surface area contributed by atoms with Crippen molar-refractivity contribution in [2.24, 2.45) is 11.8 Å². The van der Waals surface area contributed by atoms with Gasteiger partial charge in [-0.1, -0.05) is 133 Å². The zero-order chi connectivity index (χ0) is 25.9. The number of hydrogen-bond acceptors (Lipinski definition) is 1. The molecular formula is C31H60O. The molecule has 0 amide bonds. The van der Waals surface area contributed by atoms with Crippen LogP contribution in [0.4, 0.5) is 0 Å². The maximum absolute atomic E-state index is 11.9. The summed E-state index contributed by atoms with van der Waals surface area (Å²) in [7, 11) is 0. The summed E-state index contributed by atoms with van der Waals surface area (Å²) in [6.45, 7) is 28.5. The Hall–Kier alpha value is -1.37. The first-order valence-corrected chi connectivity index (χ1v) is 13.6. The highest BCUT2D eigenvalue weighted by molar-refractivity contribution is 5.97. The van der Waals surface area contributed by atoms with Crippen molar-refractivity contribution in [2.75, 3.05) is 0 Å². The van der Waals surface area contributed by atoms with Crippen LogP contribution < -0.4 is 0 Å². The molecule has 32 heavy (non-hydrogen) atoms. The van der Waals surface area contributed by atoms with Gasteiger partial charge in [0.25, 0.3) is 0 Å². The smallest absolute Gasteiger partial charge is 0.165 e. The van der Waals surface area contributed by atoms with Gasteiger partial charge in [0.15, 0.2) is 5.78 Å². The summed E-state index contributed by atoms with van der Waals surface area (Å²) in [6, 6.07) is 8.28. The van der Waals surface area contributed by atoms with Crippen LogP contribution in [0.3, 0.4) is 0 Å². The van der Waals surface area contributed by atoms with E-state index in [0.29, 0.717) is 5.92 Å². The summed E-state index contributed by atoms with van der Waals surface area (Å²) >= 11 is 0. The number of carbonyl (C=O) groups excluding carboxylic acids is 1. The van der Waals surface area contributed by atoms with Gasteiger partial charge < -0.3 is 0 Å². The highest BCUT2D eigenvalue weighted by Crippen LogP contribution is 2.26. The first-order valence-electron chi connectivity index (χ1n) is 13.6. The Bertz CT molecular complexity index is 476. The van der Waals surface area contributed by atoms with Crippen molar-refractivity contribution < 1.29 is 4.79 Å². The zero-order valence-electron chi connectivity index (χ0n) is 24.2. The lowest BCUT2D eigenvalue weighted by molar-refractivity contribution is 0.0939. The fraction of sp³-hybridized carbons (Fsp3) is 0.710. The summed E-state index contributed by atoms with van der Waals surface area (Å²) in [5.74, 6) is 1.83. The Kier molecular flexibility index (Phi) is 35.1. The molecule has 0 saturated carbocycles. The molecule has 1 rings (SSSR count). The van der Waals surface area contributed by atoms with Crippen molar-refractivity contribution >= 4 is 5.78 Å². The van der Waals surface area contributed by atoms with E-state index in [1.807, 2.05) is 73.6 Å². The van der Waals surface area contributed by atoms with Crippen LogP contribution in [0.25, 0.3) is 0 Å². The van der Waals surface area contributed by atoms with Gasteiger partial charge in [0, 0.05) is 11.5 Å². The van der Waals surface area contributed by atoms with E-state index in [4.69, 9.17) is 0 Å². The highest BCUT2D eigenvalue weighted by atomic mass is 16.1. The highest BCUT2D eigenvalue weighted by Gasteiger charge is 2.13. The lowest BCUT2D eigenvalue weighted by atomic mass is 9.89. The molecule has 0 aromatic heterocycles. The fourth-order valence-corrected chi connectivity index (χ4v) is 3.10. The molecule has 0 atom stereocenters. The van der Waals surface area contributed by atoms with E-state index in [9.17, 15) is 4.79 Å². The zero-order valence-corrected chi connectivity index (χ0v) is 24.2. The van der Waals surface area contributed by atoms with Gasteiger partial charge >= 0.3 is 0 Å². The Morgan fingerprint density at radius 2 is 1.25 bits per heavy atom. The maximum Gasteiger partial charge on any atom is 0.165 e. The van der Waals surface area contributed by atoms with Crippen molar-refractivity contribution in [3.8, 4) is 0 Å². The summed E-state index contributed by atoms with van der Waals surface area (Å²) in [6.07, 6.45) is 10.7. The van der Waals surface area contributed by atoms with Crippen molar-refractivity contribution in [3.05, 3.63) is 48.0 Å². The topological polar surface area (TPSA) is 17.1 Å². The van der Waals surface area contributed by atoms with Crippen molar-refractivity contribution in [1.29, 1.82) is 0 Å². The third kappa shape index (κ3) is 21.8. The molecule has 0 bridgehead atoms. The molecule has 0 aliphatic carbocycles. The fourth-order valence-electron chi connectivity index (χ4n) is 3.10. The van der Waals surface area contributed by atoms with Crippen LogP contribution in [-0.2, 0) is 0 Å². The van der Waals surface area contributed by atoms with E-state index in [1.54, 1.807) is 0 Å². The first kappa shape index (κ1) is 37.9. The van der Waals surface area contributed by atoms with E-state index < -0.39 is 0 Å². The molecule has 0 fully saturated rings. The Labute approximate surface area is 204 Å². The van der Waals surface area contributed by atoms with Crippen LogP contribution in [0.1, 0.15) is 150 Å². The first-order chi connectivity index (χ1) is 15.4. The Balaban J connectivity index is -0.000000235. The van der Waals surface area contributed by atoms with Gasteiger partial charge in [0.05, 0.1) is 0 Å². The summed E-state index contributed by atoms with van der Waals surface area (Å²) in [5.41, 5.74) is 2.24. The molecule has 1 aromatic carbocycles. The molecule has 0 unspecified atom stereocenters. The molecule has 0 saturated heterocycles. The van der Waals surface area contributed by atoms with E-state index in [-0.39, 0.29) is 11.7 Å². The average molecular weight is 449 g/mol. The second kappa shape index (κ2) is 29.6. The maximum atomic E-state index is 11.9. The Morgan fingerprint density at radius 1 is 0.812 bits per heavy atom. The van der Waals surface area contributed by atoms with E-state index in [2.05, 4.69) is 46.4 Å². The SMILES string of the molecule is C=CCCCC(C)C.CC.CC.CC.CCCC(CCC)c1ccc(C(=O)C(C)C)cc1. The van der Waals surface area contributed by atoms with E-state index in [0.717, 1.165) is 11.5 Å². The number of allylic oxidation sites excluding steroid dienone is 1. The van der Waals surface area contributed by atoms with Gasteiger partial charge in [0.1, 0.15) is 0 Å². The Morgan fingerprint density at radius 3 is 1.56 bits per heavy atom. The van der Waals surface area contributed by atoms with Crippen molar-refractivity contribution in [1.82, 2.24) is 0 Å². The molecule has 0 aliphatic heterocycles. The van der Waals surface area contributed by atoms with E-state index in [1.165, 1.54) is 50.5 Å². The second-order valence-corrected chi connectivity index (χ2v) is 8.03. The van der Waals surface area contributed by atoms with Crippen molar-refractivity contribution in [2.45, 2.75) is 134 Å². The standard InChI is InChI=1S/C17H26O.C8H16.3C2H6/c1-5-7-14(8-6-2)15-9-11-16(12-10-15)17(18)13(3)4;1-4-5-6-7-8(2)3;3*1-2/h9-14H,5-8H2,1-4H3;4,8H,1,5-7H2,2-3H3;3*1-2H3. The molecule has 1 aromatic rings. The number of ketones is 1. The number of rotatable bonds is 11.